The highest BCUT2D eigenvalue weighted by molar-refractivity contribution is 5.53. The number of hydrogen-bond acceptors (Lipinski definition) is 4. The van der Waals surface area contributed by atoms with E-state index >= 15 is 0 Å². The summed E-state index contributed by atoms with van der Waals surface area (Å²) in [6.07, 6.45) is 2.03. The lowest BCUT2D eigenvalue weighted by Gasteiger charge is -2.26. The van der Waals surface area contributed by atoms with E-state index in [9.17, 15) is 5.11 Å². The first-order valence-corrected chi connectivity index (χ1v) is 5.67. The predicted molar refractivity (Wildman–Crippen MR) is 64.0 cm³/mol. The summed E-state index contributed by atoms with van der Waals surface area (Å²) in [5, 5.41) is 22.5. The van der Waals surface area contributed by atoms with Crippen molar-refractivity contribution in [3.05, 3.63) is 23.3 Å². The molecule has 17 heavy (non-hydrogen) atoms. The Hall–Kier alpha value is -1.73. The highest BCUT2D eigenvalue weighted by atomic mass is 16.5. The normalized spacial score (nSPS) is 23.4. The Labute approximate surface area is 101 Å². The lowest BCUT2D eigenvalue weighted by molar-refractivity contribution is 0.382. The van der Waals surface area contributed by atoms with Crippen molar-refractivity contribution in [3.8, 4) is 17.6 Å². The van der Waals surface area contributed by atoms with Gasteiger partial charge in [-0.3, -0.25) is 0 Å². The van der Waals surface area contributed by atoms with Crippen LogP contribution in [0.15, 0.2) is 12.1 Å². The summed E-state index contributed by atoms with van der Waals surface area (Å²) in [6.45, 7) is 2.98. The second kappa shape index (κ2) is 4.27. The van der Waals surface area contributed by atoms with Crippen molar-refractivity contribution in [2.45, 2.75) is 25.3 Å². The fraction of sp³-hybridized carbons (Fsp3) is 0.462. The first-order valence-electron chi connectivity index (χ1n) is 5.67. The molecule has 1 heterocycles. The largest absolute Gasteiger partial charge is 0.507 e. The molecular formula is C13H16N2O2. The van der Waals surface area contributed by atoms with Crippen LogP contribution < -0.4 is 10.1 Å². The summed E-state index contributed by atoms with van der Waals surface area (Å²) in [4.78, 5) is 0. The van der Waals surface area contributed by atoms with Crippen molar-refractivity contribution in [2.75, 3.05) is 13.7 Å². The zero-order chi connectivity index (χ0) is 12.5. The van der Waals surface area contributed by atoms with E-state index in [2.05, 4.69) is 11.4 Å². The number of phenolic OH excluding ortho intramolecular Hbond substituents is 1. The first kappa shape index (κ1) is 11.7. The quantitative estimate of drug-likeness (QED) is 0.817. The van der Waals surface area contributed by atoms with E-state index in [0.29, 0.717) is 11.3 Å². The smallest absolute Gasteiger partial charge is 0.140 e. The summed E-state index contributed by atoms with van der Waals surface area (Å²) >= 11 is 0. The molecule has 1 fully saturated rings. The van der Waals surface area contributed by atoms with Gasteiger partial charge >= 0.3 is 0 Å². The number of phenols is 1. The molecule has 0 radical (unpaired) electrons. The number of rotatable bonds is 2. The monoisotopic (exact) mass is 232 g/mol. The molecule has 1 aromatic carbocycles. The molecule has 0 aromatic heterocycles. The Kier molecular flexibility index (Phi) is 2.95. The first-order chi connectivity index (χ1) is 8.10. The van der Waals surface area contributed by atoms with Crippen molar-refractivity contribution in [1.29, 1.82) is 5.26 Å². The molecule has 2 N–H and O–H groups in total. The SMILES string of the molecule is COc1cc(O)c(C2(C)CCCN2)cc1C#N. The second-order valence-electron chi connectivity index (χ2n) is 4.54. The third kappa shape index (κ3) is 1.94. The molecule has 4 nitrogen and oxygen atoms in total. The Bertz CT molecular complexity index is 471. The van der Waals surface area contributed by atoms with Gasteiger partial charge in [-0.15, -0.1) is 0 Å². The van der Waals surface area contributed by atoms with Crippen molar-refractivity contribution in [2.24, 2.45) is 0 Å². The van der Waals surface area contributed by atoms with Gasteiger partial charge in [-0.25, -0.2) is 0 Å². The predicted octanol–water partition coefficient (Wildman–Crippen LogP) is 1.87. The molecule has 0 amide bonds. The maximum Gasteiger partial charge on any atom is 0.140 e. The highest BCUT2D eigenvalue weighted by Gasteiger charge is 2.33. The van der Waals surface area contributed by atoms with Crippen LogP contribution in [0.25, 0.3) is 0 Å². The number of nitrogens with zero attached hydrogens (tertiary/aromatic N) is 1. The molecule has 1 aliphatic heterocycles. The van der Waals surface area contributed by atoms with Crippen molar-refractivity contribution in [1.82, 2.24) is 5.32 Å². The molecule has 1 saturated heterocycles. The van der Waals surface area contributed by atoms with E-state index in [1.807, 2.05) is 6.92 Å². The number of benzene rings is 1. The number of nitriles is 1. The van der Waals surface area contributed by atoms with Gasteiger partial charge in [0.15, 0.2) is 0 Å². The molecule has 1 unspecified atom stereocenters. The van der Waals surface area contributed by atoms with Crippen LogP contribution in [0, 0.1) is 11.3 Å². The van der Waals surface area contributed by atoms with Crippen LogP contribution >= 0.6 is 0 Å². The second-order valence-corrected chi connectivity index (χ2v) is 4.54. The minimum absolute atomic E-state index is 0.178. The number of nitrogens with one attached hydrogen (secondary N) is 1. The van der Waals surface area contributed by atoms with E-state index in [1.54, 1.807) is 6.07 Å². The zero-order valence-electron chi connectivity index (χ0n) is 10.1. The third-order valence-electron chi connectivity index (χ3n) is 3.40. The van der Waals surface area contributed by atoms with Crippen molar-refractivity contribution < 1.29 is 9.84 Å². The zero-order valence-corrected chi connectivity index (χ0v) is 10.1. The summed E-state index contributed by atoms with van der Waals surface area (Å²) in [6, 6.07) is 5.32. The van der Waals surface area contributed by atoms with Crippen LogP contribution in [0.4, 0.5) is 0 Å². The molecule has 0 saturated carbocycles. The van der Waals surface area contributed by atoms with Gasteiger partial charge in [0.05, 0.1) is 12.7 Å². The van der Waals surface area contributed by atoms with E-state index in [0.717, 1.165) is 24.9 Å². The molecule has 0 aliphatic carbocycles. The molecule has 1 atom stereocenters. The summed E-state index contributed by atoms with van der Waals surface area (Å²) < 4.78 is 5.06. The van der Waals surface area contributed by atoms with Crippen LogP contribution in [-0.2, 0) is 5.54 Å². The summed E-state index contributed by atoms with van der Waals surface area (Å²) in [7, 11) is 1.49. The number of aromatic hydroxyl groups is 1. The lowest BCUT2D eigenvalue weighted by atomic mass is 9.88. The Balaban J connectivity index is 2.52. The number of ether oxygens (including phenoxy) is 1. The van der Waals surface area contributed by atoms with Crippen LogP contribution in [0.1, 0.15) is 30.9 Å². The topological polar surface area (TPSA) is 65.3 Å². The van der Waals surface area contributed by atoms with Gasteiger partial charge in [-0.05, 0) is 32.4 Å². The Morgan fingerprint density at radius 3 is 2.82 bits per heavy atom. The van der Waals surface area contributed by atoms with Crippen LogP contribution in [0.5, 0.6) is 11.5 Å². The number of hydrogen-bond donors (Lipinski definition) is 2. The van der Waals surface area contributed by atoms with E-state index in [4.69, 9.17) is 10.00 Å². The lowest BCUT2D eigenvalue weighted by Crippen LogP contribution is -2.33. The fourth-order valence-electron chi connectivity index (χ4n) is 2.39. The van der Waals surface area contributed by atoms with E-state index in [-0.39, 0.29) is 11.3 Å². The van der Waals surface area contributed by atoms with Gasteiger partial charge in [0, 0.05) is 17.2 Å². The molecule has 0 bridgehead atoms. The average molecular weight is 232 g/mol. The van der Waals surface area contributed by atoms with Gasteiger partial charge in [0.2, 0.25) is 0 Å². The summed E-state index contributed by atoms with van der Waals surface area (Å²) in [5.41, 5.74) is 0.977. The van der Waals surface area contributed by atoms with E-state index in [1.165, 1.54) is 13.2 Å². The Morgan fingerprint density at radius 1 is 1.53 bits per heavy atom. The number of methoxy groups -OCH3 is 1. The average Bonchev–Trinajstić information content (AvgIpc) is 2.76. The maximum absolute atomic E-state index is 10.0. The Morgan fingerprint density at radius 2 is 2.29 bits per heavy atom. The van der Waals surface area contributed by atoms with Crippen LogP contribution in [0.2, 0.25) is 0 Å². The maximum atomic E-state index is 10.0. The summed E-state index contributed by atoms with van der Waals surface area (Å²) in [5.74, 6) is 0.591. The van der Waals surface area contributed by atoms with Gasteiger partial charge in [0.25, 0.3) is 0 Å². The molecule has 2 rings (SSSR count). The van der Waals surface area contributed by atoms with Gasteiger partial charge in [-0.1, -0.05) is 0 Å². The van der Waals surface area contributed by atoms with Gasteiger partial charge in [-0.2, -0.15) is 5.26 Å². The molecule has 1 aliphatic rings. The van der Waals surface area contributed by atoms with Gasteiger partial charge < -0.3 is 15.2 Å². The molecular weight excluding hydrogens is 216 g/mol. The molecule has 4 heteroatoms. The highest BCUT2D eigenvalue weighted by Crippen LogP contribution is 2.39. The standard InChI is InChI=1S/C13H16N2O2/c1-13(4-3-5-15-13)10-6-9(8-14)12(17-2)7-11(10)16/h6-7,15-16H,3-5H2,1-2H3. The van der Waals surface area contributed by atoms with Gasteiger partial charge in [0.1, 0.15) is 17.6 Å². The van der Waals surface area contributed by atoms with E-state index < -0.39 is 0 Å². The fourth-order valence-corrected chi connectivity index (χ4v) is 2.39. The van der Waals surface area contributed by atoms with Crippen LogP contribution in [-0.4, -0.2) is 18.8 Å². The molecule has 90 valence electrons. The third-order valence-corrected chi connectivity index (χ3v) is 3.40. The minimum atomic E-state index is -0.248. The van der Waals surface area contributed by atoms with Crippen molar-refractivity contribution >= 4 is 0 Å². The van der Waals surface area contributed by atoms with Crippen molar-refractivity contribution in [3.63, 3.8) is 0 Å². The minimum Gasteiger partial charge on any atom is -0.507 e. The molecule has 1 aromatic rings. The molecule has 0 spiro atoms. The van der Waals surface area contributed by atoms with Crippen LogP contribution in [0.3, 0.4) is 0 Å².